The maximum atomic E-state index is 11.7. The molecule has 1 amide bonds. The van der Waals surface area contributed by atoms with Crippen molar-refractivity contribution in [2.24, 2.45) is 0 Å². The lowest BCUT2D eigenvalue weighted by Gasteiger charge is -2.08. The molecule has 2 N–H and O–H groups in total. The smallest absolute Gasteiger partial charge is 0.219 e. The number of unbranched alkanes of at least 4 members (excludes halogenated alkanes) is 2. The predicted molar refractivity (Wildman–Crippen MR) is 96.8 cm³/mol. The Morgan fingerprint density at radius 1 is 1.24 bits per heavy atom. The van der Waals surface area contributed by atoms with Crippen molar-refractivity contribution in [3.8, 4) is 0 Å². The molecular formula is C16H30N2OS2. The summed E-state index contributed by atoms with van der Waals surface area (Å²) in [4.78, 5) is 11.7. The van der Waals surface area contributed by atoms with Crippen molar-refractivity contribution in [3.63, 3.8) is 0 Å². The van der Waals surface area contributed by atoms with Gasteiger partial charge in [0.2, 0.25) is 5.91 Å². The fourth-order valence-corrected chi connectivity index (χ4v) is 5.26. The summed E-state index contributed by atoms with van der Waals surface area (Å²) >= 11 is 0. The summed E-state index contributed by atoms with van der Waals surface area (Å²) in [7, 11) is 4.06. The van der Waals surface area contributed by atoms with E-state index in [1.54, 1.807) is 0 Å². The van der Waals surface area contributed by atoms with Gasteiger partial charge in [0.15, 0.2) is 0 Å². The van der Waals surface area contributed by atoms with Crippen molar-refractivity contribution < 1.29 is 4.79 Å². The zero-order valence-corrected chi connectivity index (χ0v) is 14.9. The van der Waals surface area contributed by atoms with E-state index in [2.05, 4.69) is 28.0 Å². The molecule has 1 rings (SSSR count). The second-order valence-corrected chi connectivity index (χ2v) is 8.55. The van der Waals surface area contributed by atoms with Gasteiger partial charge >= 0.3 is 0 Å². The zero-order chi connectivity index (χ0) is 15.3. The van der Waals surface area contributed by atoms with Crippen LogP contribution in [0.15, 0.2) is 12.2 Å². The van der Waals surface area contributed by atoms with Crippen LogP contribution in [-0.4, -0.2) is 36.5 Å². The third-order valence-electron chi connectivity index (χ3n) is 3.44. The van der Waals surface area contributed by atoms with Gasteiger partial charge in [0, 0.05) is 30.5 Å². The van der Waals surface area contributed by atoms with Gasteiger partial charge in [-0.1, -0.05) is 46.6 Å². The molecule has 1 aliphatic heterocycles. The molecule has 0 radical (unpaired) electrons. The number of amides is 1. The normalized spacial score (nSPS) is 17.9. The molecule has 1 heterocycles. The monoisotopic (exact) mass is 330 g/mol. The van der Waals surface area contributed by atoms with Gasteiger partial charge < -0.3 is 10.6 Å². The molecule has 21 heavy (non-hydrogen) atoms. The molecule has 0 aromatic heterocycles. The Hall–Kier alpha value is -0.130. The number of rotatable bonds is 12. The van der Waals surface area contributed by atoms with E-state index in [1.165, 1.54) is 31.4 Å². The maximum absolute atomic E-state index is 11.7. The van der Waals surface area contributed by atoms with Crippen LogP contribution in [-0.2, 0) is 4.79 Å². The minimum Gasteiger partial charge on any atom is -0.356 e. The van der Waals surface area contributed by atoms with Crippen LogP contribution in [0.3, 0.4) is 0 Å². The summed E-state index contributed by atoms with van der Waals surface area (Å²) in [6.45, 7) is 8.43. The van der Waals surface area contributed by atoms with E-state index in [0.717, 1.165) is 43.3 Å². The lowest BCUT2D eigenvalue weighted by molar-refractivity contribution is -0.121. The zero-order valence-electron chi connectivity index (χ0n) is 13.3. The fraction of sp³-hybridized carbons (Fsp3) is 0.812. The second-order valence-electron chi connectivity index (χ2n) is 5.77. The molecule has 1 fully saturated rings. The highest BCUT2D eigenvalue weighted by molar-refractivity contribution is 8.77. The van der Waals surface area contributed by atoms with Gasteiger partial charge in [0.1, 0.15) is 0 Å². The van der Waals surface area contributed by atoms with Gasteiger partial charge in [-0.2, -0.15) is 0 Å². The first-order valence-electron chi connectivity index (χ1n) is 8.08. The van der Waals surface area contributed by atoms with Crippen molar-refractivity contribution in [3.05, 3.63) is 12.2 Å². The Bertz CT molecular complexity index is 305. The predicted octanol–water partition coefficient (Wildman–Crippen LogP) is 3.76. The van der Waals surface area contributed by atoms with Crippen LogP contribution in [0, 0.1) is 0 Å². The molecule has 0 bridgehead atoms. The molecule has 3 nitrogen and oxygen atoms in total. The fourth-order valence-electron chi connectivity index (χ4n) is 2.23. The van der Waals surface area contributed by atoms with Crippen molar-refractivity contribution in [1.82, 2.24) is 10.6 Å². The van der Waals surface area contributed by atoms with E-state index in [9.17, 15) is 4.79 Å². The maximum Gasteiger partial charge on any atom is 0.219 e. The van der Waals surface area contributed by atoms with Crippen molar-refractivity contribution in [2.45, 2.75) is 57.1 Å². The van der Waals surface area contributed by atoms with Gasteiger partial charge in [-0.3, -0.25) is 4.79 Å². The molecule has 0 saturated carbocycles. The summed E-state index contributed by atoms with van der Waals surface area (Å²) in [5.74, 6) is 1.53. The van der Waals surface area contributed by atoms with Gasteiger partial charge in [-0.25, -0.2) is 0 Å². The lowest BCUT2D eigenvalue weighted by Crippen LogP contribution is -2.27. The van der Waals surface area contributed by atoms with Gasteiger partial charge in [-0.15, -0.1) is 0 Å². The van der Waals surface area contributed by atoms with Crippen LogP contribution in [0.1, 0.15) is 51.9 Å². The highest BCUT2D eigenvalue weighted by Crippen LogP contribution is 2.39. The van der Waals surface area contributed by atoms with Gasteiger partial charge in [0.25, 0.3) is 0 Å². The van der Waals surface area contributed by atoms with Crippen LogP contribution in [0.25, 0.3) is 0 Å². The molecule has 0 spiro atoms. The van der Waals surface area contributed by atoms with Crippen molar-refractivity contribution >= 4 is 27.5 Å². The van der Waals surface area contributed by atoms with E-state index in [0.29, 0.717) is 6.42 Å². The van der Waals surface area contributed by atoms with E-state index in [-0.39, 0.29) is 5.91 Å². The first-order chi connectivity index (χ1) is 10.2. The quantitative estimate of drug-likeness (QED) is 0.325. The average Bonchev–Trinajstić information content (AvgIpc) is 2.95. The van der Waals surface area contributed by atoms with Crippen molar-refractivity contribution in [2.75, 3.05) is 25.4 Å². The Morgan fingerprint density at radius 3 is 2.81 bits per heavy atom. The topological polar surface area (TPSA) is 41.1 Å². The Kier molecular flexibility index (Phi) is 11.2. The number of carbonyl (C=O) groups is 1. The molecule has 0 aliphatic carbocycles. The first-order valence-corrected chi connectivity index (χ1v) is 10.5. The van der Waals surface area contributed by atoms with Crippen LogP contribution >= 0.6 is 21.6 Å². The highest BCUT2D eigenvalue weighted by atomic mass is 33.1. The summed E-state index contributed by atoms with van der Waals surface area (Å²) in [5, 5.41) is 7.16. The van der Waals surface area contributed by atoms with E-state index in [1.807, 2.05) is 17.7 Å². The third kappa shape index (κ3) is 11.1. The molecule has 0 aromatic carbocycles. The SMILES string of the molecule is C=C(C)CNCCCNC(=O)CCCCCC1CCSS1. The summed E-state index contributed by atoms with van der Waals surface area (Å²) in [6, 6.07) is 0. The Labute approximate surface area is 137 Å². The van der Waals surface area contributed by atoms with Crippen LogP contribution in [0.2, 0.25) is 0 Å². The highest BCUT2D eigenvalue weighted by Gasteiger charge is 2.15. The molecule has 5 heteroatoms. The third-order valence-corrected chi connectivity index (χ3v) is 6.44. The summed E-state index contributed by atoms with van der Waals surface area (Å²) < 4.78 is 0. The standard InChI is InChI=1S/C16H30N2OS2/c1-14(2)13-17-10-6-11-18-16(19)8-5-3-4-7-15-9-12-20-21-15/h15,17H,1,3-13H2,2H3,(H,18,19). The summed E-state index contributed by atoms with van der Waals surface area (Å²) in [6.07, 6.45) is 7.86. The van der Waals surface area contributed by atoms with Crippen LogP contribution < -0.4 is 10.6 Å². The molecule has 0 aromatic rings. The van der Waals surface area contributed by atoms with Crippen molar-refractivity contribution in [1.29, 1.82) is 0 Å². The molecule has 1 atom stereocenters. The van der Waals surface area contributed by atoms with E-state index < -0.39 is 0 Å². The molecule has 1 saturated heterocycles. The molecular weight excluding hydrogens is 300 g/mol. The van der Waals surface area contributed by atoms with E-state index in [4.69, 9.17) is 0 Å². The number of hydrogen-bond donors (Lipinski definition) is 2. The number of nitrogens with one attached hydrogen (secondary N) is 2. The molecule has 1 unspecified atom stereocenters. The minimum absolute atomic E-state index is 0.209. The Morgan fingerprint density at radius 2 is 2.10 bits per heavy atom. The number of hydrogen-bond acceptors (Lipinski definition) is 4. The average molecular weight is 331 g/mol. The second kappa shape index (κ2) is 12.4. The van der Waals surface area contributed by atoms with Gasteiger partial charge in [-0.05, 0) is 39.2 Å². The summed E-state index contributed by atoms with van der Waals surface area (Å²) in [5.41, 5.74) is 1.15. The molecule has 1 aliphatic rings. The van der Waals surface area contributed by atoms with Gasteiger partial charge in [0.05, 0.1) is 0 Å². The first kappa shape index (κ1) is 18.9. The largest absolute Gasteiger partial charge is 0.356 e. The van der Waals surface area contributed by atoms with Crippen LogP contribution in [0.5, 0.6) is 0 Å². The molecule has 122 valence electrons. The number of carbonyl (C=O) groups excluding carboxylic acids is 1. The Balaban J connectivity index is 1.81. The lowest BCUT2D eigenvalue weighted by atomic mass is 10.1. The minimum atomic E-state index is 0.209. The van der Waals surface area contributed by atoms with Crippen LogP contribution in [0.4, 0.5) is 0 Å². The van der Waals surface area contributed by atoms with E-state index >= 15 is 0 Å².